The van der Waals surface area contributed by atoms with Crippen molar-refractivity contribution in [2.45, 2.75) is 13.3 Å². The maximum Gasteiger partial charge on any atom is 0.315 e. The fraction of sp³-hybridized carbons (Fsp3) is 0.0909. The molecule has 0 saturated carbocycles. The van der Waals surface area contributed by atoms with Crippen molar-refractivity contribution in [3.8, 4) is 17.2 Å². The summed E-state index contributed by atoms with van der Waals surface area (Å²) in [6.45, 7) is 1.85. The topological polar surface area (TPSA) is 52.3 Å². The van der Waals surface area contributed by atoms with Crippen molar-refractivity contribution in [1.82, 2.24) is 4.98 Å². The summed E-state index contributed by atoms with van der Waals surface area (Å²) in [5.74, 6) is -0.204. The van der Waals surface area contributed by atoms with Crippen molar-refractivity contribution < 1.29 is 18.3 Å². The van der Waals surface area contributed by atoms with Crippen LogP contribution in [0.15, 0.2) is 71.1 Å². The van der Waals surface area contributed by atoms with Gasteiger partial charge in [-0.05, 0) is 48.4 Å². The lowest BCUT2D eigenvalue weighted by atomic mass is 10.1. The van der Waals surface area contributed by atoms with Gasteiger partial charge in [-0.1, -0.05) is 36.4 Å². The Morgan fingerprint density at radius 3 is 2.63 bits per heavy atom. The first-order valence-corrected chi connectivity index (χ1v) is 8.51. The molecule has 0 fully saturated rings. The Balaban J connectivity index is 1.53. The lowest BCUT2D eigenvalue weighted by Crippen LogP contribution is -2.13. The maximum absolute atomic E-state index is 14.5. The molecule has 0 amide bonds. The Morgan fingerprint density at radius 1 is 1.07 bits per heavy atom. The number of rotatable bonds is 4. The summed E-state index contributed by atoms with van der Waals surface area (Å²) in [6.07, 6.45) is -0.159. The third kappa shape index (κ3) is 3.58. The van der Waals surface area contributed by atoms with Crippen molar-refractivity contribution in [2.24, 2.45) is 0 Å². The predicted octanol–water partition coefficient (Wildman–Crippen LogP) is 5.09. The fourth-order valence-electron chi connectivity index (χ4n) is 2.80. The largest absolute Gasteiger partial charge is 0.436 e. The maximum atomic E-state index is 14.5. The van der Waals surface area contributed by atoms with Crippen molar-refractivity contribution in [3.05, 3.63) is 83.7 Å². The first-order valence-electron chi connectivity index (χ1n) is 8.51. The molecule has 0 bridgehead atoms. The molecule has 5 heteroatoms. The third-order valence-electron chi connectivity index (χ3n) is 4.25. The number of para-hydroxylation sites is 3. The molecule has 0 aliphatic rings. The first-order chi connectivity index (χ1) is 13.1. The molecule has 4 rings (SSSR count). The zero-order chi connectivity index (χ0) is 18.8. The number of carbonyl (C=O) groups is 1. The van der Waals surface area contributed by atoms with Gasteiger partial charge in [-0.3, -0.25) is 4.79 Å². The zero-order valence-electron chi connectivity index (χ0n) is 14.6. The highest BCUT2D eigenvalue weighted by Gasteiger charge is 2.14. The number of esters is 1. The molecule has 0 spiro atoms. The number of fused-ring (bicyclic) bond motifs is 1. The van der Waals surface area contributed by atoms with Gasteiger partial charge in [-0.25, -0.2) is 9.37 Å². The average molecular weight is 361 g/mol. The number of ether oxygens (including phenoxy) is 1. The van der Waals surface area contributed by atoms with E-state index in [0.29, 0.717) is 28.3 Å². The lowest BCUT2D eigenvalue weighted by Gasteiger charge is -2.08. The summed E-state index contributed by atoms with van der Waals surface area (Å²) >= 11 is 0. The van der Waals surface area contributed by atoms with E-state index in [-0.39, 0.29) is 12.0 Å². The van der Waals surface area contributed by atoms with E-state index in [1.54, 1.807) is 30.3 Å². The Hall–Kier alpha value is -3.47. The van der Waals surface area contributed by atoms with Crippen molar-refractivity contribution in [1.29, 1.82) is 0 Å². The Morgan fingerprint density at radius 2 is 1.85 bits per heavy atom. The highest BCUT2D eigenvalue weighted by atomic mass is 19.1. The summed E-state index contributed by atoms with van der Waals surface area (Å²) < 4.78 is 25.5. The van der Waals surface area contributed by atoms with Gasteiger partial charge in [0.25, 0.3) is 0 Å². The van der Waals surface area contributed by atoms with Crippen LogP contribution in [-0.4, -0.2) is 11.0 Å². The van der Waals surface area contributed by atoms with Gasteiger partial charge in [0.2, 0.25) is 5.89 Å². The second kappa shape index (κ2) is 7.03. The molecule has 0 radical (unpaired) electrons. The molecule has 134 valence electrons. The standard InChI is InChI=1S/C22H16FNO3/c1-14-6-2-4-8-19(14)26-21(25)13-15-10-11-16(12-17(15)23)22-24-18-7-3-5-9-20(18)27-22/h2-12H,13H2,1H3. The van der Waals surface area contributed by atoms with Gasteiger partial charge < -0.3 is 9.15 Å². The summed E-state index contributed by atoms with van der Waals surface area (Å²) in [5, 5.41) is 0. The molecule has 0 unspecified atom stereocenters. The van der Waals surface area contributed by atoms with E-state index < -0.39 is 11.8 Å². The Kier molecular flexibility index (Phi) is 4.42. The van der Waals surface area contributed by atoms with Gasteiger partial charge in [0.1, 0.15) is 17.1 Å². The van der Waals surface area contributed by atoms with E-state index in [9.17, 15) is 9.18 Å². The molecule has 0 saturated heterocycles. The van der Waals surface area contributed by atoms with E-state index in [4.69, 9.17) is 9.15 Å². The van der Waals surface area contributed by atoms with Gasteiger partial charge >= 0.3 is 5.97 Å². The van der Waals surface area contributed by atoms with E-state index in [1.807, 2.05) is 37.3 Å². The number of oxazole rings is 1. The SMILES string of the molecule is Cc1ccccc1OC(=O)Cc1ccc(-c2nc3ccccc3o2)cc1F. The molecule has 4 aromatic rings. The minimum atomic E-state index is -0.516. The number of carbonyl (C=O) groups excluding carboxylic acids is 1. The van der Waals surface area contributed by atoms with Crippen molar-refractivity contribution in [3.63, 3.8) is 0 Å². The summed E-state index contributed by atoms with van der Waals surface area (Å²) in [7, 11) is 0. The number of halogens is 1. The monoisotopic (exact) mass is 361 g/mol. The zero-order valence-corrected chi connectivity index (χ0v) is 14.6. The van der Waals surface area contributed by atoms with E-state index in [1.165, 1.54) is 6.07 Å². The first kappa shape index (κ1) is 17.0. The van der Waals surface area contributed by atoms with Crippen LogP contribution in [-0.2, 0) is 11.2 Å². The van der Waals surface area contributed by atoms with Crippen LogP contribution < -0.4 is 4.74 Å². The Bertz CT molecular complexity index is 1100. The normalized spacial score (nSPS) is 10.9. The molecule has 0 atom stereocenters. The molecule has 0 aliphatic carbocycles. The third-order valence-corrected chi connectivity index (χ3v) is 4.25. The number of aromatic nitrogens is 1. The van der Waals surface area contributed by atoms with Crippen LogP contribution in [0.3, 0.4) is 0 Å². The van der Waals surface area contributed by atoms with Gasteiger partial charge in [-0.15, -0.1) is 0 Å². The smallest absolute Gasteiger partial charge is 0.315 e. The number of hydrogen-bond donors (Lipinski definition) is 0. The van der Waals surface area contributed by atoms with Crippen LogP contribution in [0.1, 0.15) is 11.1 Å². The molecule has 3 aromatic carbocycles. The van der Waals surface area contributed by atoms with Crippen LogP contribution in [0.4, 0.5) is 4.39 Å². The van der Waals surface area contributed by atoms with Crippen molar-refractivity contribution in [2.75, 3.05) is 0 Å². The number of aryl methyl sites for hydroxylation is 1. The van der Waals surface area contributed by atoms with Gasteiger partial charge in [0.15, 0.2) is 5.58 Å². The molecule has 0 N–H and O–H groups in total. The molecule has 0 aliphatic heterocycles. The van der Waals surface area contributed by atoms with Gasteiger partial charge in [-0.2, -0.15) is 0 Å². The van der Waals surface area contributed by atoms with E-state index >= 15 is 0 Å². The average Bonchev–Trinajstić information content (AvgIpc) is 3.09. The predicted molar refractivity (Wildman–Crippen MR) is 99.9 cm³/mol. The van der Waals surface area contributed by atoms with Gasteiger partial charge in [0, 0.05) is 5.56 Å². The minimum Gasteiger partial charge on any atom is -0.436 e. The Labute approximate surface area is 155 Å². The summed E-state index contributed by atoms with van der Waals surface area (Å²) in [6, 6.07) is 19.1. The summed E-state index contributed by atoms with van der Waals surface area (Å²) in [5.41, 5.74) is 2.96. The fourth-order valence-corrected chi connectivity index (χ4v) is 2.80. The second-order valence-corrected chi connectivity index (χ2v) is 6.21. The van der Waals surface area contributed by atoms with Crippen LogP contribution in [0.2, 0.25) is 0 Å². The summed E-state index contributed by atoms with van der Waals surface area (Å²) in [4.78, 5) is 16.5. The van der Waals surface area contributed by atoms with Gasteiger partial charge in [0.05, 0.1) is 6.42 Å². The highest BCUT2D eigenvalue weighted by molar-refractivity contribution is 5.77. The molecule has 1 heterocycles. The second-order valence-electron chi connectivity index (χ2n) is 6.21. The molecule has 27 heavy (non-hydrogen) atoms. The number of hydrogen-bond acceptors (Lipinski definition) is 4. The quantitative estimate of drug-likeness (QED) is 0.375. The van der Waals surface area contributed by atoms with E-state index in [0.717, 1.165) is 5.56 Å². The van der Waals surface area contributed by atoms with E-state index in [2.05, 4.69) is 4.98 Å². The lowest BCUT2D eigenvalue weighted by molar-refractivity contribution is -0.133. The highest BCUT2D eigenvalue weighted by Crippen LogP contribution is 2.26. The molecule has 4 nitrogen and oxygen atoms in total. The number of benzene rings is 3. The molecular weight excluding hydrogens is 345 g/mol. The molecular formula is C22H16FNO3. The van der Waals surface area contributed by atoms with Crippen LogP contribution >= 0.6 is 0 Å². The van der Waals surface area contributed by atoms with Crippen LogP contribution in [0.5, 0.6) is 5.75 Å². The van der Waals surface area contributed by atoms with Crippen molar-refractivity contribution >= 4 is 17.1 Å². The molecule has 1 aromatic heterocycles. The van der Waals surface area contributed by atoms with Crippen LogP contribution in [0.25, 0.3) is 22.6 Å². The minimum absolute atomic E-state index is 0.159. The van der Waals surface area contributed by atoms with Crippen LogP contribution in [0, 0.1) is 12.7 Å². The number of nitrogens with zero attached hydrogens (tertiary/aromatic N) is 1.